The van der Waals surface area contributed by atoms with Gasteiger partial charge >= 0.3 is 0 Å². The molecule has 1 saturated carbocycles. The van der Waals surface area contributed by atoms with Gasteiger partial charge in [0.2, 0.25) is 0 Å². The van der Waals surface area contributed by atoms with Crippen molar-refractivity contribution < 1.29 is 9.16 Å². The molecule has 0 amide bonds. The predicted molar refractivity (Wildman–Crippen MR) is 91.7 cm³/mol. The highest BCUT2D eigenvalue weighted by Crippen LogP contribution is 2.48. The predicted octanol–water partition coefficient (Wildman–Crippen LogP) is 5.23. The van der Waals surface area contributed by atoms with Crippen molar-refractivity contribution in [2.75, 3.05) is 6.61 Å². The van der Waals surface area contributed by atoms with Crippen LogP contribution in [-0.2, 0) is 9.16 Å². The molecule has 0 bridgehead atoms. The second kappa shape index (κ2) is 6.07. The van der Waals surface area contributed by atoms with E-state index in [-0.39, 0.29) is 10.8 Å². The quantitative estimate of drug-likeness (QED) is 0.529. The van der Waals surface area contributed by atoms with E-state index in [4.69, 9.17) is 9.16 Å². The molecule has 0 atom stereocenters. The topological polar surface area (TPSA) is 18.5 Å². The summed E-state index contributed by atoms with van der Waals surface area (Å²) in [5.74, 6) is -0.302. The number of ether oxygens (including phenoxy) is 1. The van der Waals surface area contributed by atoms with E-state index in [2.05, 4.69) is 58.2 Å². The first kappa shape index (κ1) is 16.5. The van der Waals surface area contributed by atoms with Crippen molar-refractivity contribution in [3.63, 3.8) is 0 Å². The van der Waals surface area contributed by atoms with Crippen molar-refractivity contribution in [2.24, 2.45) is 0 Å². The molecule has 21 heavy (non-hydrogen) atoms. The fraction of sp³-hybridized carbons (Fsp3) is 0.556. The SMILES string of the molecule is CC(C)(C)[Si](C)(C)OC1(OC/C=C/c2ccccc2)CC1. The number of hydrogen-bond donors (Lipinski definition) is 0. The van der Waals surface area contributed by atoms with Crippen LogP contribution in [0.25, 0.3) is 6.08 Å². The molecule has 0 radical (unpaired) electrons. The molecule has 0 aliphatic heterocycles. The van der Waals surface area contributed by atoms with Gasteiger partial charge in [-0.15, -0.1) is 0 Å². The third kappa shape index (κ3) is 4.53. The van der Waals surface area contributed by atoms with Gasteiger partial charge in [0.15, 0.2) is 14.1 Å². The molecule has 0 aromatic heterocycles. The van der Waals surface area contributed by atoms with Crippen LogP contribution < -0.4 is 0 Å². The zero-order valence-corrected chi connectivity index (χ0v) is 15.0. The normalized spacial score (nSPS) is 18.1. The summed E-state index contributed by atoms with van der Waals surface area (Å²) in [6, 6.07) is 10.3. The van der Waals surface area contributed by atoms with Gasteiger partial charge in [0, 0.05) is 12.8 Å². The van der Waals surface area contributed by atoms with Gasteiger partial charge in [-0.25, -0.2) is 0 Å². The molecule has 2 nitrogen and oxygen atoms in total. The van der Waals surface area contributed by atoms with Gasteiger partial charge in [-0.3, -0.25) is 0 Å². The van der Waals surface area contributed by atoms with Gasteiger partial charge in [0.1, 0.15) is 0 Å². The highest BCUT2D eigenvalue weighted by Gasteiger charge is 2.52. The Morgan fingerprint density at radius 2 is 1.76 bits per heavy atom. The smallest absolute Gasteiger partial charge is 0.195 e. The third-order valence-electron chi connectivity index (χ3n) is 4.46. The van der Waals surface area contributed by atoms with E-state index in [0.29, 0.717) is 6.61 Å². The van der Waals surface area contributed by atoms with E-state index in [0.717, 1.165) is 12.8 Å². The van der Waals surface area contributed by atoms with Gasteiger partial charge in [-0.1, -0.05) is 63.3 Å². The van der Waals surface area contributed by atoms with Crippen LogP contribution in [0.3, 0.4) is 0 Å². The molecule has 0 N–H and O–H groups in total. The molecule has 3 heteroatoms. The molecule has 0 unspecified atom stereocenters. The summed E-state index contributed by atoms with van der Waals surface area (Å²) in [4.78, 5) is 0. The Balaban J connectivity index is 1.84. The standard InChI is InChI=1S/C18H28O2Si/c1-17(2,3)21(4,5)20-18(13-14-18)19-15-9-12-16-10-7-6-8-11-16/h6-12H,13-15H2,1-5H3/b12-9+. The second-order valence-corrected chi connectivity index (χ2v) is 12.1. The first-order valence-corrected chi connectivity index (χ1v) is 10.7. The monoisotopic (exact) mass is 304 g/mol. The summed E-state index contributed by atoms with van der Waals surface area (Å²) in [5.41, 5.74) is 1.20. The molecule has 1 aromatic rings. The third-order valence-corrected chi connectivity index (χ3v) is 8.95. The molecule has 0 saturated heterocycles. The molecular weight excluding hydrogens is 276 g/mol. The minimum absolute atomic E-state index is 0.228. The van der Waals surface area contributed by atoms with Gasteiger partial charge in [-0.05, 0) is 23.7 Å². The Kier molecular flexibility index (Phi) is 4.76. The summed E-state index contributed by atoms with van der Waals surface area (Å²) in [6.45, 7) is 12.0. The van der Waals surface area contributed by atoms with E-state index < -0.39 is 8.32 Å². The van der Waals surface area contributed by atoms with E-state index in [9.17, 15) is 0 Å². The molecule has 0 heterocycles. The first-order chi connectivity index (χ1) is 9.74. The number of benzene rings is 1. The maximum atomic E-state index is 6.44. The zero-order chi connectivity index (χ0) is 15.6. The minimum Gasteiger partial charge on any atom is -0.390 e. The van der Waals surface area contributed by atoms with Crippen LogP contribution in [-0.4, -0.2) is 20.7 Å². The lowest BCUT2D eigenvalue weighted by atomic mass is 10.2. The van der Waals surface area contributed by atoms with Crippen LogP contribution in [0.5, 0.6) is 0 Å². The van der Waals surface area contributed by atoms with Crippen molar-refractivity contribution in [2.45, 2.75) is 57.5 Å². The van der Waals surface area contributed by atoms with E-state index >= 15 is 0 Å². The van der Waals surface area contributed by atoms with Crippen LogP contribution in [0.1, 0.15) is 39.2 Å². The Labute approximate surface area is 130 Å². The molecule has 1 aromatic carbocycles. The number of hydrogen-bond acceptors (Lipinski definition) is 2. The maximum Gasteiger partial charge on any atom is 0.195 e. The van der Waals surface area contributed by atoms with Crippen molar-refractivity contribution in [1.29, 1.82) is 0 Å². The first-order valence-electron chi connectivity index (χ1n) is 7.80. The lowest BCUT2D eigenvalue weighted by molar-refractivity contribution is -0.103. The average Bonchev–Trinajstić information content (AvgIpc) is 3.14. The molecule has 1 aliphatic carbocycles. The fourth-order valence-corrected chi connectivity index (χ4v) is 3.44. The summed E-state index contributed by atoms with van der Waals surface area (Å²) in [7, 11) is -1.75. The van der Waals surface area contributed by atoms with Gasteiger partial charge < -0.3 is 9.16 Å². The second-order valence-electron chi connectivity index (χ2n) is 7.40. The molecule has 116 valence electrons. The van der Waals surface area contributed by atoms with Crippen LogP contribution >= 0.6 is 0 Å². The van der Waals surface area contributed by atoms with Gasteiger partial charge in [-0.2, -0.15) is 0 Å². The van der Waals surface area contributed by atoms with E-state index in [1.165, 1.54) is 5.56 Å². The Morgan fingerprint density at radius 3 is 2.29 bits per heavy atom. The van der Waals surface area contributed by atoms with Gasteiger partial charge in [0.05, 0.1) is 6.61 Å². The molecule has 1 aliphatic rings. The summed E-state index contributed by atoms with van der Waals surface area (Å²) in [6.07, 6.45) is 6.23. The van der Waals surface area contributed by atoms with Crippen LogP contribution in [0.4, 0.5) is 0 Å². The summed E-state index contributed by atoms with van der Waals surface area (Å²) < 4.78 is 12.5. The van der Waals surface area contributed by atoms with Crippen molar-refractivity contribution in [3.05, 3.63) is 42.0 Å². The van der Waals surface area contributed by atoms with Crippen LogP contribution in [0.15, 0.2) is 36.4 Å². The summed E-state index contributed by atoms with van der Waals surface area (Å²) >= 11 is 0. The number of rotatable bonds is 6. The zero-order valence-electron chi connectivity index (χ0n) is 14.0. The van der Waals surface area contributed by atoms with E-state index in [1.54, 1.807) is 0 Å². The van der Waals surface area contributed by atoms with Crippen LogP contribution in [0.2, 0.25) is 18.1 Å². The van der Waals surface area contributed by atoms with Crippen LogP contribution in [0, 0.1) is 0 Å². The highest BCUT2D eigenvalue weighted by molar-refractivity contribution is 6.74. The molecule has 1 fully saturated rings. The minimum atomic E-state index is -1.75. The van der Waals surface area contributed by atoms with E-state index in [1.807, 2.05) is 18.2 Å². The lowest BCUT2D eigenvalue weighted by Crippen LogP contribution is -2.45. The Morgan fingerprint density at radius 1 is 1.14 bits per heavy atom. The Hall–Kier alpha value is -0.903. The molecule has 2 rings (SSSR count). The fourth-order valence-electron chi connectivity index (χ4n) is 1.94. The highest BCUT2D eigenvalue weighted by atomic mass is 28.4. The Bertz CT molecular complexity index is 482. The van der Waals surface area contributed by atoms with Crippen molar-refractivity contribution in [1.82, 2.24) is 0 Å². The maximum absolute atomic E-state index is 6.44. The van der Waals surface area contributed by atoms with Crippen molar-refractivity contribution >= 4 is 14.4 Å². The largest absolute Gasteiger partial charge is 0.390 e. The van der Waals surface area contributed by atoms with Gasteiger partial charge in [0.25, 0.3) is 0 Å². The average molecular weight is 305 g/mol. The molecular formula is C18H28O2Si. The summed E-state index contributed by atoms with van der Waals surface area (Å²) in [5, 5.41) is 0.228. The lowest BCUT2D eigenvalue weighted by Gasteiger charge is -2.39. The molecule has 0 spiro atoms. The van der Waals surface area contributed by atoms with Crippen molar-refractivity contribution in [3.8, 4) is 0 Å².